The molecule has 0 amide bonds. The normalized spacial score (nSPS) is 12.0. The van der Waals surface area contributed by atoms with Crippen molar-refractivity contribution in [1.29, 1.82) is 0 Å². The topological polar surface area (TPSA) is 30.7 Å². The van der Waals surface area contributed by atoms with Crippen molar-refractivity contribution in [3.63, 3.8) is 0 Å². The molecule has 0 saturated heterocycles. The summed E-state index contributed by atoms with van der Waals surface area (Å²) in [4.78, 5) is 4.28. The molecule has 0 N–H and O–H groups in total. The highest BCUT2D eigenvalue weighted by Crippen LogP contribution is 2.27. The molecule has 0 bridgehead atoms. The predicted octanol–water partition coefficient (Wildman–Crippen LogP) is 3.73. The molecule has 104 valence electrons. The molecule has 19 heavy (non-hydrogen) atoms. The van der Waals surface area contributed by atoms with Gasteiger partial charge in [0, 0.05) is 24.5 Å². The lowest BCUT2D eigenvalue weighted by molar-refractivity contribution is -0.141. The Hall–Kier alpha value is -1.08. The third-order valence-electron chi connectivity index (χ3n) is 2.45. The Morgan fingerprint density at radius 3 is 2.74 bits per heavy atom. The maximum atomic E-state index is 12.3. The smallest absolute Gasteiger partial charge is 0.272 e. The van der Waals surface area contributed by atoms with Crippen LogP contribution in [-0.2, 0) is 25.0 Å². The van der Waals surface area contributed by atoms with Gasteiger partial charge in [-0.05, 0) is 12.5 Å². The highest BCUT2D eigenvalue weighted by molar-refractivity contribution is 7.09. The molecule has 0 aliphatic rings. The molecular weight excluding hydrogens is 299 g/mol. The second-order valence-corrected chi connectivity index (χ2v) is 5.14. The number of thiazole rings is 1. The third-order valence-corrected chi connectivity index (χ3v) is 3.68. The molecule has 0 aliphatic heterocycles. The molecule has 2 aromatic rings. The molecule has 0 aliphatic carbocycles. The molecule has 2 aromatic heterocycles. The number of aryl methyl sites for hydroxylation is 2. The van der Waals surface area contributed by atoms with Gasteiger partial charge in [0.15, 0.2) is 5.69 Å². The van der Waals surface area contributed by atoms with Crippen LogP contribution in [0.25, 0.3) is 0 Å². The number of hydrogen-bond acceptors (Lipinski definition) is 3. The zero-order valence-corrected chi connectivity index (χ0v) is 11.4. The zero-order valence-electron chi connectivity index (χ0n) is 9.82. The number of aromatic nitrogens is 3. The minimum atomic E-state index is -4.38. The molecule has 0 atom stereocenters. The van der Waals surface area contributed by atoms with Crippen molar-refractivity contribution in [3.8, 4) is 0 Å². The quantitative estimate of drug-likeness (QED) is 0.788. The molecule has 0 fully saturated rings. The highest BCUT2D eigenvalue weighted by Gasteiger charge is 2.33. The maximum absolute atomic E-state index is 12.3. The van der Waals surface area contributed by atoms with Gasteiger partial charge in [0.05, 0.1) is 16.6 Å². The highest BCUT2D eigenvalue weighted by atomic mass is 35.5. The van der Waals surface area contributed by atoms with E-state index in [-0.39, 0.29) is 0 Å². The fraction of sp³-hybridized carbons (Fsp3) is 0.455. The van der Waals surface area contributed by atoms with Crippen LogP contribution in [0.15, 0.2) is 17.6 Å². The van der Waals surface area contributed by atoms with Crippen LogP contribution in [0.4, 0.5) is 13.2 Å². The van der Waals surface area contributed by atoms with Crippen LogP contribution in [0.1, 0.15) is 22.8 Å². The van der Waals surface area contributed by atoms with Gasteiger partial charge in [0.1, 0.15) is 0 Å². The van der Waals surface area contributed by atoms with E-state index in [0.29, 0.717) is 25.3 Å². The Balaban J connectivity index is 1.84. The van der Waals surface area contributed by atoms with Crippen molar-refractivity contribution in [2.24, 2.45) is 0 Å². The van der Waals surface area contributed by atoms with Crippen LogP contribution in [0.2, 0.25) is 0 Å². The van der Waals surface area contributed by atoms with Gasteiger partial charge < -0.3 is 0 Å². The van der Waals surface area contributed by atoms with E-state index in [1.807, 2.05) is 5.38 Å². The first-order valence-electron chi connectivity index (χ1n) is 5.59. The standard InChI is InChI=1S/C11H11ClF3N3S/c12-6-8-7-19-10(16-8)2-1-4-18-5-3-9(17-18)11(13,14)15/h3,5,7H,1-2,4,6H2. The van der Waals surface area contributed by atoms with Crippen LogP contribution in [-0.4, -0.2) is 14.8 Å². The third kappa shape index (κ3) is 3.94. The molecule has 8 heteroatoms. The van der Waals surface area contributed by atoms with Crippen molar-refractivity contribution in [2.45, 2.75) is 31.4 Å². The molecular formula is C11H11ClF3N3S. The second-order valence-electron chi connectivity index (χ2n) is 3.93. The summed E-state index contributed by atoms with van der Waals surface area (Å²) in [5.74, 6) is 0.380. The van der Waals surface area contributed by atoms with Gasteiger partial charge in [-0.25, -0.2) is 4.98 Å². The summed E-state index contributed by atoms with van der Waals surface area (Å²) in [5, 5.41) is 6.32. The van der Waals surface area contributed by atoms with E-state index in [2.05, 4.69) is 10.1 Å². The molecule has 2 heterocycles. The maximum Gasteiger partial charge on any atom is 0.435 e. The first-order chi connectivity index (χ1) is 8.99. The van der Waals surface area contributed by atoms with Crippen molar-refractivity contribution in [2.75, 3.05) is 0 Å². The fourth-order valence-electron chi connectivity index (χ4n) is 1.55. The Bertz CT molecular complexity index is 535. The van der Waals surface area contributed by atoms with Gasteiger partial charge in [-0.3, -0.25) is 4.68 Å². The summed E-state index contributed by atoms with van der Waals surface area (Å²) < 4.78 is 38.3. The SMILES string of the molecule is FC(F)(F)c1ccn(CCCc2nc(CCl)cs2)n1. The molecule has 0 unspecified atom stereocenters. The van der Waals surface area contributed by atoms with E-state index >= 15 is 0 Å². The van der Waals surface area contributed by atoms with E-state index in [0.717, 1.165) is 16.8 Å². The lowest BCUT2D eigenvalue weighted by atomic mass is 10.3. The largest absolute Gasteiger partial charge is 0.435 e. The van der Waals surface area contributed by atoms with Crippen LogP contribution >= 0.6 is 22.9 Å². The summed E-state index contributed by atoms with van der Waals surface area (Å²) in [7, 11) is 0. The van der Waals surface area contributed by atoms with E-state index in [1.54, 1.807) is 0 Å². The van der Waals surface area contributed by atoms with E-state index in [4.69, 9.17) is 11.6 Å². The Kier molecular flexibility index (Phi) is 4.46. The molecule has 0 aromatic carbocycles. The minimum Gasteiger partial charge on any atom is -0.272 e. The molecule has 0 saturated carbocycles. The first kappa shape index (κ1) is 14.3. The van der Waals surface area contributed by atoms with Crippen molar-refractivity contribution in [1.82, 2.24) is 14.8 Å². The summed E-state index contributed by atoms with van der Waals surface area (Å²) in [5.41, 5.74) is -0.0220. The van der Waals surface area contributed by atoms with E-state index < -0.39 is 11.9 Å². The Morgan fingerprint density at radius 2 is 2.16 bits per heavy atom. The van der Waals surface area contributed by atoms with Gasteiger partial charge in [-0.2, -0.15) is 18.3 Å². The van der Waals surface area contributed by atoms with Crippen molar-refractivity contribution < 1.29 is 13.2 Å². The molecule has 3 nitrogen and oxygen atoms in total. The number of hydrogen-bond donors (Lipinski definition) is 0. The van der Waals surface area contributed by atoms with Crippen LogP contribution in [0, 0.1) is 0 Å². The van der Waals surface area contributed by atoms with Gasteiger partial charge in [0.25, 0.3) is 0 Å². The van der Waals surface area contributed by atoms with Crippen LogP contribution < -0.4 is 0 Å². The van der Waals surface area contributed by atoms with Gasteiger partial charge in [-0.15, -0.1) is 22.9 Å². The van der Waals surface area contributed by atoms with Crippen LogP contribution in [0.3, 0.4) is 0 Å². The summed E-state index contributed by atoms with van der Waals surface area (Å²) in [6, 6.07) is 0.981. The minimum absolute atomic E-state index is 0.380. The Morgan fingerprint density at radius 1 is 1.37 bits per heavy atom. The van der Waals surface area contributed by atoms with Crippen molar-refractivity contribution >= 4 is 22.9 Å². The lowest BCUT2D eigenvalue weighted by Crippen LogP contribution is -2.08. The van der Waals surface area contributed by atoms with Crippen LogP contribution in [0.5, 0.6) is 0 Å². The summed E-state index contributed by atoms with van der Waals surface area (Å²) >= 11 is 7.15. The van der Waals surface area contributed by atoms with E-state index in [1.165, 1.54) is 22.2 Å². The van der Waals surface area contributed by atoms with E-state index in [9.17, 15) is 13.2 Å². The Labute approximate surface area is 117 Å². The number of halogens is 4. The zero-order chi connectivity index (χ0) is 13.9. The fourth-order valence-corrected chi connectivity index (χ4v) is 2.62. The molecule has 2 rings (SSSR count). The predicted molar refractivity (Wildman–Crippen MR) is 67.2 cm³/mol. The number of nitrogens with zero attached hydrogens (tertiary/aromatic N) is 3. The monoisotopic (exact) mass is 309 g/mol. The summed E-state index contributed by atoms with van der Waals surface area (Å²) in [6.45, 7) is 0.436. The lowest BCUT2D eigenvalue weighted by Gasteiger charge is -2.02. The molecule has 0 radical (unpaired) electrons. The average Bonchev–Trinajstić information content (AvgIpc) is 2.96. The van der Waals surface area contributed by atoms with Gasteiger partial charge >= 0.3 is 6.18 Å². The average molecular weight is 310 g/mol. The molecule has 0 spiro atoms. The van der Waals surface area contributed by atoms with Crippen molar-refractivity contribution in [3.05, 3.63) is 34.0 Å². The summed E-state index contributed by atoms with van der Waals surface area (Å²) in [6.07, 6.45) is -1.64. The van der Waals surface area contributed by atoms with Gasteiger partial charge in [0.2, 0.25) is 0 Å². The number of alkyl halides is 4. The number of rotatable bonds is 5. The first-order valence-corrected chi connectivity index (χ1v) is 7.00. The van der Waals surface area contributed by atoms with Gasteiger partial charge in [-0.1, -0.05) is 0 Å². The second kappa shape index (κ2) is 5.92.